The molecule has 4 aromatic rings. The van der Waals surface area contributed by atoms with Gasteiger partial charge in [-0.3, -0.25) is 9.36 Å². The molecule has 160 valence electrons. The van der Waals surface area contributed by atoms with Crippen LogP contribution in [0.1, 0.15) is 11.1 Å². The number of nitrogens with zero attached hydrogens (tertiary/aromatic N) is 4. The molecule has 0 saturated heterocycles. The van der Waals surface area contributed by atoms with E-state index in [1.807, 2.05) is 60.0 Å². The van der Waals surface area contributed by atoms with Gasteiger partial charge in [0.15, 0.2) is 11.0 Å². The maximum atomic E-state index is 12.5. The molecule has 0 aliphatic carbocycles. The maximum absolute atomic E-state index is 12.5. The van der Waals surface area contributed by atoms with Gasteiger partial charge < -0.3 is 10.1 Å². The molecule has 0 spiro atoms. The molecule has 32 heavy (non-hydrogen) atoms. The fraction of sp³-hybridized carbons (Fsp3) is 0.130. The predicted octanol–water partition coefficient (Wildman–Crippen LogP) is 4.92. The molecule has 0 saturated carbocycles. The summed E-state index contributed by atoms with van der Waals surface area (Å²) in [6.07, 6.45) is 0. The zero-order valence-corrected chi connectivity index (χ0v) is 19.0. The van der Waals surface area contributed by atoms with Crippen LogP contribution in [0.15, 0.2) is 65.1 Å². The SMILES string of the molecule is COc1ccc(-n2c(SCC(=O)Nc3sccc3C#N)nnc2-c2cccc(C)c2)cc1. The molecule has 1 N–H and O–H groups in total. The first-order valence-electron chi connectivity index (χ1n) is 9.66. The lowest BCUT2D eigenvalue weighted by Crippen LogP contribution is -2.14. The summed E-state index contributed by atoms with van der Waals surface area (Å²) in [6, 6.07) is 19.4. The normalized spacial score (nSPS) is 10.5. The molecule has 9 heteroatoms. The summed E-state index contributed by atoms with van der Waals surface area (Å²) < 4.78 is 7.20. The Morgan fingerprint density at radius 3 is 2.75 bits per heavy atom. The van der Waals surface area contributed by atoms with E-state index in [9.17, 15) is 4.79 Å². The molecule has 1 amide bonds. The third kappa shape index (κ3) is 4.66. The number of hydrogen-bond donors (Lipinski definition) is 1. The largest absolute Gasteiger partial charge is 0.497 e. The predicted molar refractivity (Wildman–Crippen MR) is 126 cm³/mol. The third-order valence-corrected chi connectivity index (χ3v) is 6.37. The van der Waals surface area contributed by atoms with E-state index in [4.69, 9.17) is 10.00 Å². The van der Waals surface area contributed by atoms with E-state index in [1.54, 1.807) is 18.6 Å². The van der Waals surface area contributed by atoms with E-state index in [1.165, 1.54) is 23.1 Å². The minimum Gasteiger partial charge on any atom is -0.497 e. The van der Waals surface area contributed by atoms with Crippen molar-refractivity contribution in [2.24, 2.45) is 0 Å². The second kappa shape index (κ2) is 9.68. The fourth-order valence-electron chi connectivity index (χ4n) is 3.09. The molecule has 2 aromatic carbocycles. The Morgan fingerprint density at radius 1 is 1.22 bits per heavy atom. The van der Waals surface area contributed by atoms with Crippen LogP contribution in [0.4, 0.5) is 5.00 Å². The zero-order valence-electron chi connectivity index (χ0n) is 17.4. The van der Waals surface area contributed by atoms with E-state index in [-0.39, 0.29) is 11.7 Å². The Kier molecular flexibility index (Phi) is 6.54. The van der Waals surface area contributed by atoms with E-state index >= 15 is 0 Å². The Bertz CT molecular complexity index is 1290. The van der Waals surface area contributed by atoms with Crippen LogP contribution in [-0.2, 0) is 4.79 Å². The van der Waals surface area contributed by atoms with Crippen molar-refractivity contribution in [2.75, 3.05) is 18.2 Å². The number of rotatable bonds is 7. The molecular weight excluding hydrogens is 442 g/mol. The average Bonchev–Trinajstić information content (AvgIpc) is 3.44. The van der Waals surface area contributed by atoms with Crippen LogP contribution in [0.2, 0.25) is 0 Å². The summed E-state index contributed by atoms with van der Waals surface area (Å²) in [6.45, 7) is 2.03. The molecule has 2 aromatic heterocycles. The van der Waals surface area contributed by atoms with Crippen molar-refractivity contribution in [1.29, 1.82) is 5.26 Å². The van der Waals surface area contributed by atoms with Crippen LogP contribution in [-0.4, -0.2) is 33.5 Å². The second-order valence-electron chi connectivity index (χ2n) is 6.82. The van der Waals surface area contributed by atoms with Gasteiger partial charge in [0.05, 0.1) is 18.4 Å². The van der Waals surface area contributed by atoms with Crippen molar-refractivity contribution >= 4 is 34.0 Å². The lowest BCUT2D eigenvalue weighted by Gasteiger charge is -2.11. The molecular formula is C23H19N5O2S2. The number of ether oxygens (including phenoxy) is 1. The highest BCUT2D eigenvalue weighted by atomic mass is 32.2. The van der Waals surface area contributed by atoms with Crippen molar-refractivity contribution in [3.8, 4) is 28.9 Å². The summed E-state index contributed by atoms with van der Waals surface area (Å²) in [5.74, 6) is 1.35. The topological polar surface area (TPSA) is 92.8 Å². The van der Waals surface area contributed by atoms with Crippen molar-refractivity contribution in [2.45, 2.75) is 12.1 Å². The Labute approximate surface area is 193 Å². The van der Waals surface area contributed by atoms with Crippen molar-refractivity contribution in [1.82, 2.24) is 14.8 Å². The van der Waals surface area contributed by atoms with Gasteiger partial charge in [0.25, 0.3) is 0 Å². The number of methoxy groups -OCH3 is 1. The molecule has 0 radical (unpaired) electrons. The second-order valence-corrected chi connectivity index (χ2v) is 8.68. The van der Waals surface area contributed by atoms with Crippen LogP contribution in [0.3, 0.4) is 0 Å². The van der Waals surface area contributed by atoms with Gasteiger partial charge in [-0.05, 0) is 48.7 Å². The van der Waals surface area contributed by atoms with Crippen LogP contribution in [0.25, 0.3) is 17.1 Å². The van der Waals surface area contributed by atoms with Crippen LogP contribution in [0, 0.1) is 18.3 Å². The number of aromatic nitrogens is 3. The van der Waals surface area contributed by atoms with Crippen molar-refractivity contribution in [3.63, 3.8) is 0 Å². The average molecular weight is 462 g/mol. The fourth-order valence-corrected chi connectivity index (χ4v) is 4.59. The van der Waals surface area contributed by atoms with Crippen LogP contribution < -0.4 is 10.1 Å². The first-order valence-corrected chi connectivity index (χ1v) is 11.5. The van der Waals surface area contributed by atoms with Gasteiger partial charge >= 0.3 is 0 Å². The highest BCUT2D eigenvalue weighted by Gasteiger charge is 2.18. The molecule has 2 heterocycles. The van der Waals surface area contributed by atoms with Gasteiger partial charge in [0.2, 0.25) is 5.91 Å². The van der Waals surface area contributed by atoms with E-state index in [0.717, 1.165) is 22.6 Å². The van der Waals surface area contributed by atoms with Crippen molar-refractivity contribution in [3.05, 3.63) is 71.1 Å². The van der Waals surface area contributed by atoms with Gasteiger partial charge in [-0.1, -0.05) is 35.5 Å². The quantitative estimate of drug-likeness (QED) is 0.393. The molecule has 7 nitrogen and oxygen atoms in total. The number of nitrogens with one attached hydrogen (secondary N) is 1. The van der Waals surface area contributed by atoms with Gasteiger partial charge in [0.1, 0.15) is 16.8 Å². The lowest BCUT2D eigenvalue weighted by molar-refractivity contribution is -0.113. The molecule has 0 aliphatic rings. The molecule has 0 aliphatic heterocycles. The zero-order chi connectivity index (χ0) is 22.5. The minimum absolute atomic E-state index is 0.130. The summed E-state index contributed by atoms with van der Waals surface area (Å²) in [4.78, 5) is 12.5. The third-order valence-electron chi connectivity index (χ3n) is 4.61. The highest BCUT2D eigenvalue weighted by molar-refractivity contribution is 7.99. The molecule has 0 atom stereocenters. The van der Waals surface area contributed by atoms with Crippen LogP contribution in [0.5, 0.6) is 5.75 Å². The van der Waals surface area contributed by atoms with Crippen molar-refractivity contribution < 1.29 is 9.53 Å². The van der Waals surface area contributed by atoms with E-state index in [2.05, 4.69) is 21.6 Å². The number of nitriles is 1. The molecule has 0 bridgehead atoms. The number of thiophene rings is 1. The monoisotopic (exact) mass is 461 g/mol. The summed E-state index contributed by atoms with van der Waals surface area (Å²) in [7, 11) is 1.62. The molecule has 0 fully saturated rings. The van der Waals surface area contributed by atoms with Gasteiger partial charge in [0, 0.05) is 11.3 Å². The van der Waals surface area contributed by atoms with Gasteiger partial charge in [-0.2, -0.15) is 5.26 Å². The number of hydrogen-bond acceptors (Lipinski definition) is 7. The van der Waals surface area contributed by atoms with E-state index in [0.29, 0.717) is 21.5 Å². The van der Waals surface area contributed by atoms with E-state index < -0.39 is 0 Å². The molecule has 4 rings (SSSR count). The van der Waals surface area contributed by atoms with Gasteiger partial charge in [-0.25, -0.2) is 0 Å². The smallest absolute Gasteiger partial charge is 0.235 e. The number of carbonyl (C=O) groups excluding carboxylic acids is 1. The number of carbonyl (C=O) groups is 1. The summed E-state index contributed by atoms with van der Waals surface area (Å²) in [5.41, 5.74) is 3.36. The standard InChI is InChI=1S/C23H19N5O2S2/c1-15-4-3-5-16(12-15)21-26-27-23(28(21)18-6-8-19(30-2)9-7-18)32-14-20(29)25-22-17(13-24)10-11-31-22/h3-12H,14H2,1-2H3,(H,25,29). The molecule has 0 unspecified atom stereocenters. The first-order chi connectivity index (χ1) is 15.6. The highest BCUT2D eigenvalue weighted by Crippen LogP contribution is 2.30. The van der Waals surface area contributed by atoms with Crippen LogP contribution >= 0.6 is 23.1 Å². The number of anilines is 1. The summed E-state index contributed by atoms with van der Waals surface area (Å²) in [5, 5.41) is 23.6. The minimum atomic E-state index is -0.213. The Morgan fingerprint density at radius 2 is 2.03 bits per heavy atom. The number of aryl methyl sites for hydroxylation is 1. The Hall–Kier alpha value is -3.61. The number of amides is 1. The summed E-state index contributed by atoms with van der Waals surface area (Å²) >= 11 is 2.60. The lowest BCUT2D eigenvalue weighted by atomic mass is 10.1. The number of benzene rings is 2. The number of thioether (sulfide) groups is 1. The van der Waals surface area contributed by atoms with Gasteiger partial charge in [-0.15, -0.1) is 21.5 Å². The first kappa shape index (κ1) is 21.6. The maximum Gasteiger partial charge on any atom is 0.235 e. The Balaban J connectivity index is 1.62.